The molecule has 0 radical (unpaired) electrons. The summed E-state index contributed by atoms with van der Waals surface area (Å²) in [6, 6.07) is 4.23. The van der Waals surface area contributed by atoms with Crippen LogP contribution in [-0.2, 0) is 13.1 Å². The normalized spacial score (nSPS) is 11.2. The molecule has 0 aliphatic carbocycles. The summed E-state index contributed by atoms with van der Waals surface area (Å²) in [4.78, 5) is 16.6. The zero-order chi connectivity index (χ0) is 15.7. The number of hydrogen-bond donors (Lipinski definition) is 0. The molecule has 0 aliphatic rings. The molecule has 4 nitrogen and oxygen atoms in total. The van der Waals surface area contributed by atoms with Gasteiger partial charge in [-0.1, -0.05) is 0 Å². The molecule has 0 amide bonds. The second-order valence-electron chi connectivity index (χ2n) is 5.19. The minimum atomic E-state index is -0.346. The van der Waals surface area contributed by atoms with Gasteiger partial charge in [0, 0.05) is 46.9 Å². The van der Waals surface area contributed by atoms with Crippen molar-refractivity contribution in [1.29, 1.82) is 0 Å². The van der Waals surface area contributed by atoms with Gasteiger partial charge in [-0.3, -0.25) is 4.79 Å². The van der Waals surface area contributed by atoms with E-state index >= 15 is 0 Å². The summed E-state index contributed by atoms with van der Waals surface area (Å²) in [6.45, 7) is 3.35. The van der Waals surface area contributed by atoms with Gasteiger partial charge in [0.15, 0.2) is 0 Å². The molecule has 22 heavy (non-hydrogen) atoms. The van der Waals surface area contributed by atoms with Crippen LogP contribution in [0.15, 0.2) is 46.1 Å². The summed E-state index contributed by atoms with van der Waals surface area (Å²) in [5.74, 6) is 0.614. The standard InChI is InChI=1S/C16H15BrFN3O/c1-11-19-5-8-20(11)6-2-7-21-10-15(17)14-9-12(18)3-4-13(14)16(21)22/h3-5,8-10H,2,6-7H2,1H3. The van der Waals surface area contributed by atoms with Crippen LogP contribution in [0, 0.1) is 12.7 Å². The van der Waals surface area contributed by atoms with E-state index < -0.39 is 0 Å². The van der Waals surface area contributed by atoms with Gasteiger partial charge in [-0.15, -0.1) is 0 Å². The Bertz CT molecular complexity index is 885. The van der Waals surface area contributed by atoms with Crippen molar-refractivity contribution in [2.24, 2.45) is 0 Å². The van der Waals surface area contributed by atoms with Crippen LogP contribution in [0.2, 0.25) is 0 Å². The smallest absolute Gasteiger partial charge is 0.258 e. The lowest BCUT2D eigenvalue weighted by Gasteiger charge is -2.10. The topological polar surface area (TPSA) is 39.8 Å². The average molecular weight is 364 g/mol. The van der Waals surface area contributed by atoms with Gasteiger partial charge >= 0.3 is 0 Å². The fourth-order valence-corrected chi connectivity index (χ4v) is 3.11. The number of fused-ring (bicyclic) bond motifs is 1. The first-order valence-corrected chi connectivity index (χ1v) is 7.81. The maximum absolute atomic E-state index is 13.3. The van der Waals surface area contributed by atoms with E-state index in [1.165, 1.54) is 18.2 Å². The van der Waals surface area contributed by atoms with E-state index in [4.69, 9.17) is 0 Å². The van der Waals surface area contributed by atoms with Gasteiger partial charge in [-0.25, -0.2) is 9.37 Å². The second kappa shape index (κ2) is 6.04. The first-order valence-electron chi connectivity index (χ1n) is 7.02. The summed E-state index contributed by atoms with van der Waals surface area (Å²) in [5, 5.41) is 1.13. The number of benzene rings is 1. The molecule has 0 saturated carbocycles. The molecule has 0 unspecified atom stereocenters. The van der Waals surface area contributed by atoms with E-state index in [9.17, 15) is 9.18 Å². The zero-order valence-electron chi connectivity index (χ0n) is 12.1. The molecule has 2 aromatic heterocycles. The average Bonchev–Trinajstić information content (AvgIpc) is 2.89. The summed E-state index contributed by atoms with van der Waals surface area (Å²) < 4.78 is 17.7. The number of rotatable bonds is 4. The molecule has 0 N–H and O–H groups in total. The van der Waals surface area contributed by atoms with Crippen molar-refractivity contribution in [1.82, 2.24) is 14.1 Å². The summed E-state index contributed by atoms with van der Waals surface area (Å²) in [7, 11) is 0. The number of imidazole rings is 1. The van der Waals surface area contributed by atoms with E-state index in [2.05, 4.69) is 25.5 Å². The Morgan fingerprint density at radius 3 is 2.73 bits per heavy atom. The van der Waals surface area contributed by atoms with Crippen LogP contribution in [0.4, 0.5) is 4.39 Å². The van der Waals surface area contributed by atoms with Gasteiger partial charge in [0.2, 0.25) is 0 Å². The minimum Gasteiger partial charge on any atom is -0.335 e. The van der Waals surface area contributed by atoms with Crippen molar-refractivity contribution in [3.05, 3.63) is 63.3 Å². The largest absolute Gasteiger partial charge is 0.335 e. The van der Waals surface area contributed by atoms with Gasteiger partial charge in [0.05, 0.1) is 0 Å². The minimum absolute atomic E-state index is 0.0967. The van der Waals surface area contributed by atoms with Gasteiger partial charge in [0.1, 0.15) is 11.6 Å². The lowest BCUT2D eigenvalue weighted by molar-refractivity contribution is 0.547. The van der Waals surface area contributed by atoms with Crippen molar-refractivity contribution in [2.75, 3.05) is 0 Å². The Morgan fingerprint density at radius 2 is 2.00 bits per heavy atom. The molecule has 6 heteroatoms. The van der Waals surface area contributed by atoms with Crippen LogP contribution in [0.5, 0.6) is 0 Å². The molecule has 3 aromatic rings. The highest BCUT2D eigenvalue weighted by Gasteiger charge is 2.08. The Morgan fingerprint density at radius 1 is 1.23 bits per heavy atom. The van der Waals surface area contributed by atoms with Crippen LogP contribution in [-0.4, -0.2) is 14.1 Å². The highest BCUT2D eigenvalue weighted by molar-refractivity contribution is 9.10. The van der Waals surface area contributed by atoms with Crippen LogP contribution in [0.25, 0.3) is 10.8 Å². The summed E-state index contributed by atoms with van der Waals surface area (Å²) >= 11 is 3.42. The Hall–Kier alpha value is -1.95. The van der Waals surface area contributed by atoms with Crippen molar-refractivity contribution in [3.63, 3.8) is 0 Å². The molecule has 2 heterocycles. The molecule has 3 rings (SSSR count). The second-order valence-corrected chi connectivity index (χ2v) is 6.04. The van der Waals surface area contributed by atoms with Crippen LogP contribution < -0.4 is 5.56 Å². The highest BCUT2D eigenvalue weighted by Crippen LogP contribution is 2.22. The number of pyridine rings is 1. The molecule has 0 fully saturated rings. The molecular formula is C16H15BrFN3O. The number of aromatic nitrogens is 3. The Labute approximate surface area is 135 Å². The van der Waals surface area contributed by atoms with Crippen molar-refractivity contribution < 1.29 is 4.39 Å². The van der Waals surface area contributed by atoms with E-state index in [-0.39, 0.29) is 11.4 Å². The van der Waals surface area contributed by atoms with E-state index in [0.29, 0.717) is 17.3 Å². The number of halogens is 2. The molecule has 0 aliphatic heterocycles. The molecular weight excluding hydrogens is 349 g/mol. The summed E-state index contributed by atoms with van der Waals surface area (Å²) in [5.41, 5.74) is -0.0967. The van der Waals surface area contributed by atoms with Crippen molar-refractivity contribution in [2.45, 2.75) is 26.4 Å². The van der Waals surface area contributed by atoms with E-state index in [1.54, 1.807) is 17.0 Å². The van der Waals surface area contributed by atoms with Crippen LogP contribution in [0.1, 0.15) is 12.2 Å². The van der Waals surface area contributed by atoms with Crippen molar-refractivity contribution >= 4 is 26.7 Å². The SMILES string of the molecule is Cc1nccn1CCCn1cc(Br)c2cc(F)ccc2c1=O. The maximum atomic E-state index is 13.3. The summed E-state index contributed by atoms with van der Waals surface area (Å²) in [6.07, 6.45) is 6.24. The predicted molar refractivity (Wildman–Crippen MR) is 87.4 cm³/mol. The van der Waals surface area contributed by atoms with Gasteiger partial charge in [0.25, 0.3) is 5.56 Å². The zero-order valence-corrected chi connectivity index (χ0v) is 13.7. The lowest BCUT2D eigenvalue weighted by Crippen LogP contribution is -2.21. The molecule has 0 saturated heterocycles. The molecule has 114 valence electrons. The molecule has 0 atom stereocenters. The molecule has 1 aromatic carbocycles. The highest BCUT2D eigenvalue weighted by atomic mass is 79.9. The van der Waals surface area contributed by atoms with Gasteiger partial charge in [-0.05, 0) is 47.5 Å². The van der Waals surface area contributed by atoms with E-state index in [0.717, 1.165) is 23.3 Å². The van der Waals surface area contributed by atoms with Crippen molar-refractivity contribution in [3.8, 4) is 0 Å². The third-order valence-corrected chi connectivity index (χ3v) is 4.35. The predicted octanol–water partition coefficient (Wildman–Crippen LogP) is 3.50. The fraction of sp³-hybridized carbons (Fsp3) is 0.250. The molecule has 0 spiro atoms. The Balaban J connectivity index is 1.85. The van der Waals surface area contributed by atoms with Gasteiger partial charge in [-0.2, -0.15) is 0 Å². The third kappa shape index (κ3) is 2.83. The Kier molecular flexibility index (Phi) is 4.11. The van der Waals surface area contributed by atoms with Crippen LogP contribution in [0.3, 0.4) is 0 Å². The van der Waals surface area contributed by atoms with Crippen LogP contribution >= 0.6 is 15.9 Å². The maximum Gasteiger partial charge on any atom is 0.258 e. The van der Waals surface area contributed by atoms with Gasteiger partial charge < -0.3 is 9.13 Å². The quantitative estimate of drug-likeness (QED) is 0.711. The van der Waals surface area contributed by atoms with E-state index in [1.807, 2.05) is 13.1 Å². The first kappa shape index (κ1) is 15.0. The number of nitrogens with zero attached hydrogens (tertiary/aromatic N) is 3. The molecule has 0 bridgehead atoms. The third-order valence-electron chi connectivity index (χ3n) is 3.72. The lowest BCUT2D eigenvalue weighted by atomic mass is 10.1. The monoisotopic (exact) mass is 363 g/mol. The number of hydrogen-bond acceptors (Lipinski definition) is 2. The fourth-order valence-electron chi connectivity index (χ4n) is 2.54. The first-order chi connectivity index (χ1) is 10.6. The number of aryl methyl sites for hydroxylation is 3.